The van der Waals surface area contributed by atoms with E-state index in [4.69, 9.17) is 16.3 Å². The van der Waals surface area contributed by atoms with Gasteiger partial charge in [-0.25, -0.2) is 4.39 Å². The molecule has 0 saturated heterocycles. The summed E-state index contributed by atoms with van der Waals surface area (Å²) in [5, 5.41) is 3.77. The third kappa shape index (κ3) is 4.46. The Labute approximate surface area is 161 Å². The molecule has 5 nitrogen and oxygen atoms in total. The van der Waals surface area contributed by atoms with E-state index < -0.39 is 5.56 Å². The Morgan fingerprint density at radius 3 is 2.63 bits per heavy atom. The minimum Gasteiger partial charge on any atom is -0.490 e. The molecular formula is C20H19ClFN3O2. The fraction of sp³-hybridized carbons (Fsp3) is 0.200. The Morgan fingerprint density at radius 1 is 1.22 bits per heavy atom. The van der Waals surface area contributed by atoms with Crippen molar-refractivity contribution < 1.29 is 9.13 Å². The van der Waals surface area contributed by atoms with E-state index >= 15 is 0 Å². The highest BCUT2D eigenvalue weighted by molar-refractivity contribution is 6.30. The van der Waals surface area contributed by atoms with Gasteiger partial charge in [0.1, 0.15) is 5.82 Å². The number of rotatable bonds is 6. The maximum atomic E-state index is 13.2. The van der Waals surface area contributed by atoms with Gasteiger partial charge in [-0.3, -0.25) is 4.79 Å². The minimum absolute atomic E-state index is 0.129. The van der Waals surface area contributed by atoms with Crippen molar-refractivity contribution in [1.82, 2.24) is 9.55 Å². The second-order valence-corrected chi connectivity index (χ2v) is 6.41. The van der Waals surface area contributed by atoms with Gasteiger partial charge in [0.25, 0.3) is 0 Å². The molecule has 7 heteroatoms. The number of nitrogens with one attached hydrogen (secondary N) is 1. The van der Waals surface area contributed by atoms with Crippen LogP contribution in [0.15, 0.2) is 53.5 Å². The van der Waals surface area contributed by atoms with Gasteiger partial charge in [0.05, 0.1) is 19.9 Å². The first-order valence-electron chi connectivity index (χ1n) is 8.45. The lowest BCUT2D eigenvalue weighted by Crippen LogP contribution is -2.19. The zero-order valence-electron chi connectivity index (χ0n) is 15.0. The smallest absolute Gasteiger partial charge is 0.316 e. The molecule has 0 aliphatic rings. The summed E-state index contributed by atoms with van der Waals surface area (Å²) in [4.78, 5) is 16.3. The molecule has 1 N–H and O–H groups in total. The lowest BCUT2D eigenvalue weighted by atomic mass is 10.1. The number of hydrogen-bond donors (Lipinski definition) is 1. The van der Waals surface area contributed by atoms with Gasteiger partial charge in [-0.1, -0.05) is 36.7 Å². The number of hydrogen-bond acceptors (Lipinski definition) is 4. The van der Waals surface area contributed by atoms with Crippen LogP contribution in [0.4, 0.5) is 16.0 Å². The Hall–Kier alpha value is -2.86. The van der Waals surface area contributed by atoms with Gasteiger partial charge < -0.3 is 14.6 Å². The van der Waals surface area contributed by atoms with Gasteiger partial charge in [0.2, 0.25) is 11.7 Å². The van der Waals surface area contributed by atoms with Crippen molar-refractivity contribution >= 4 is 23.2 Å². The number of benzene rings is 2. The molecule has 3 rings (SSSR count). The van der Waals surface area contributed by atoms with Crippen molar-refractivity contribution in [2.75, 3.05) is 12.4 Å². The normalized spacial score (nSPS) is 10.7. The summed E-state index contributed by atoms with van der Waals surface area (Å²) in [6, 6.07) is 11.7. The molecule has 0 aliphatic heterocycles. The lowest BCUT2D eigenvalue weighted by Gasteiger charge is -2.17. The number of nitrogens with zero attached hydrogens (tertiary/aromatic N) is 2. The largest absolute Gasteiger partial charge is 0.490 e. The topological polar surface area (TPSA) is 56.1 Å². The molecule has 0 fully saturated rings. The molecule has 0 atom stereocenters. The lowest BCUT2D eigenvalue weighted by molar-refractivity contribution is 0.402. The van der Waals surface area contributed by atoms with E-state index in [9.17, 15) is 9.18 Å². The number of methoxy groups -OCH3 is 1. The Kier molecular flexibility index (Phi) is 5.76. The standard InChI is InChI=1S/C20H19ClFN3O2/c1-3-14-6-7-15(21)10-17(14)23-20-24-19(26)18(27-2)12-25(20)11-13-4-8-16(22)9-5-13/h4-10,12H,3,11H2,1-2H3,(H,23,24,26). The zero-order valence-corrected chi connectivity index (χ0v) is 15.8. The van der Waals surface area contributed by atoms with Crippen LogP contribution in [0.3, 0.4) is 0 Å². The summed E-state index contributed by atoms with van der Waals surface area (Å²) in [7, 11) is 1.42. The van der Waals surface area contributed by atoms with Gasteiger partial charge in [-0.2, -0.15) is 4.98 Å². The average Bonchev–Trinajstić information content (AvgIpc) is 2.65. The monoisotopic (exact) mass is 387 g/mol. The maximum absolute atomic E-state index is 13.2. The van der Waals surface area contributed by atoms with Crippen LogP contribution >= 0.6 is 11.6 Å². The van der Waals surface area contributed by atoms with Crippen molar-refractivity contribution in [2.24, 2.45) is 0 Å². The van der Waals surface area contributed by atoms with Crippen LogP contribution in [0.2, 0.25) is 5.02 Å². The first-order valence-corrected chi connectivity index (χ1v) is 8.83. The van der Waals surface area contributed by atoms with Crippen LogP contribution in [0.1, 0.15) is 18.1 Å². The van der Waals surface area contributed by atoms with Crippen molar-refractivity contribution in [1.29, 1.82) is 0 Å². The third-order valence-corrected chi connectivity index (χ3v) is 4.38. The molecule has 1 aromatic heterocycles. The van der Waals surface area contributed by atoms with Crippen LogP contribution < -0.4 is 15.6 Å². The van der Waals surface area contributed by atoms with Crippen LogP contribution in [0.25, 0.3) is 0 Å². The van der Waals surface area contributed by atoms with E-state index in [-0.39, 0.29) is 11.6 Å². The fourth-order valence-corrected chi connectivity index (χ4v) is 2.89. The van der Waals surface area contributed by atoms with Crippen LogP contribution in [0.5, 0.6) is 5.75 Å². The third-order valence-electron chi connectivity index (χ3n) is 4.15. The van der Waals surface area contributed by atoms with Gasteiger partial charge in [-0.05, 0) is 41.8 Å². The minimum atomic E-state index is -0.476. The SMILES string of the molecule is CCc1ccc(Cl)cc1Nc1nc(=O)c(OC)cn1Cc1ccc(F)cc1. The average molecular weight is 388 g/mol. The first-order chi connectivity index (χ1) is 13.0. The molecule has 0 bridgehead atoms. The van der Waals surface area contributed by atoms with Gasteiger partial charge >= 0.3 is 5.56 Å². The van der Waals surface area contributed by atoms with Gasteiger partial charge in [-0.15, -0.1) is 0 Å². The predicted molar refractivity (Wildman–Crippen MR) is 105 cm³/mol. The second kappa shape index (κ2) is 8.22. The van der Waals surface area contributed by atoms with Gasteiger partial charge in [0, 0.05) is 10.7 Å². The van der Waals surface area contributed by atoms with Crippen molar-refractivity contribution in [3.8, 4) is 5.75 Å². The molecule has 27 heavy (non-hydrogen) atoms. The molecular weight excluding hydrogens is 369 g/mol. The van der Waals surface area contributed by atoms with Crippen LogP contribution in [-0.2, 0) is 13.0 Å². The van der Waals surface area contributed by atoms with Crippen LogP contribution in [0, 0.1) is 5.82 Å². The van der Waals surface area contributed by atoms with Crippen molar-refractivity contribution in [3.05, 3.63) is 81.0 Å². The summed E-state index contributed by atoms with van der Waals surface area (Å²) in [6.07, 6.45) is 2.37. The highest BCUT2D eigenvalue weighted by Gasteiger charge is 2.12. The van der Waals surface area contributed by atoms with E-state index in [2.05, 4.69) is 10.3 Å². The molecule has 0 aliphatic carbocycles. The van der Waals surface area contributed by atoms with Crippen molar-refractivity contribution in [2.45, 2.75) is 19.9 Å². The molecule has 140 valence electrons. The number of ether oxygens (including phenoxy) is 1. The van der Waals surface area contributed by atoms with Crippen LogP contribution in [-0.4, -0.2) is 16.7 Å². The van der Waals surface area contributed by atoms with Crippen molar-refractivity contribution in [3.63, 3.8) is 0 Å². The number of anilines is 2. The predicted octanol–water partition coefficient (Wildman–Crippen LogP) is 4.40. The molecule has 0 saturated carbocycles. The quantitative estimate of drug-likeness (QED) is 0.681. The highest BCUT2D eigenvalue weighted by Crippen LogP contribution is 2.25. The Bertz CT molecular complexity index is 1000. The first kappa shape index (κ1) is 18.9. The summed E-state index contributed by atoms with van der Waals surface area (Å²) in [5.41, 5.74) is 2.19. The Balaban J connectivity index is 2.03. The van der Waals surface area contributed by atoms with E-state index in [1.807, 2.05) is 19.1 Å². The number of halogens is 2. The summed E-state index contributed by atoms with van der Waals surface area (Å²) >= 11 is 6.12. The second-order valence-electron chi connectivity index (χ2n) is 5.97. The van der Waals surface area contributed by atoms with E-state index in [0.717, 1.165) is 23.2 Å². The number of aromatic nitrogens is 2. The summed E-state index contributed by atoms with van der Waals surface area (Å²) in [6.45, 7) is 2.41. The Morgan fingerprint density at radius 2 is 1.96 bits per heavy atom. The fourth-order valence-electron chi connectivity index (χ4n) is 2.71. The van der Waals surface area contributed by atoms with E-state index in [0.29, 0.717) is 17.5 Å². The molecule has 3 aromatic rings. The number of aryl methyl sites for hydroxylation is 1. The summed E-state index contributed by atoms with van der Waals surface area (Å²) < 4.78 is 20.0. The zero-order chi connectivity index (χ0) is 19.4. The van der Waals surface area contributed by atoms with E-state index in [1.54, 1.807) is 29.0 Å². The molecule has 0 amide bonds. The maximum Gasteiger partial charge on any atom is 0.316 e. The molecule has 0 spiro atoms. The molecule has 0 unspecified atom stereocenters. The summed E-state index contributed by atoms with van der Waals surface area (Å²) in [5.74, 6) is 0.172. The molecule has 2 aromatic carbocycles. The molecule has 0 radical (unpaired) electrons. The van der Waals surface area contributed by atoms with E-state index in [1.165, 1.54) is 19.2 Å². The molecule has 1 heterocycles. The van der Waals surface area contributed by atoms with Gasteiger partial charge in [0.15, 0.2) is 0 Å². The highest BCUT2D eigenvalue weighted by atomic mass is 35.5.